The molecule has 0 aliphatic heterocycles. The molecule has 23 heavy (non-hydrogen) atoms. The summed E-state index contributed by atoms with van der Waals surface area (Å²) in [6, 6.07) is 7.81. The van der Waals surface area contributed by atoms with Crippen molar-refractivity contribution in [1.82, 2.24) is 9.97 Å². The summed E-state index contributed by atoms with van der Waals surface area (Å²) in [6.45, 7) is 2.50. The Kier molecular flexibility index (Phi) is 5.74. The summed E-state index contributed by atoms with van der Waals surface area (Å²) in [5, 5.41) is 2.88. The van der Waals surface area contributed by atoms with Crippen LogP contribution in [0.25, 0.3) is 0 Å². The van der Waals surface area contributed by atoms with Crippen LogP contribution in [0.15, 0.2) is 39.9 Å². The van der Waals surface area contributed by atoms with Crippen molar-refractivity contribution in [2.75, 3.05) is 11.9 Å². The summed E-state index contributed by atoms with van der Waals surface area (Å²) in [5.74, 6) is -0.0918. The second-order valence-corrected chi connectivity index (χ2v) is 5.05. The van der Waals surface area contributed by atoms with Crippen LogP contribution in [0.2, 0.25) is 0 Å². The van der Waals surface area contributed by atoms with Crippen LogP contribution in [0.3, 0.4) is 0 Å². The summed E-state index contributed by atoms with van der Waals surface area (Å²) >= 11 is 0. The van der Waals surface area contributed by atoms with Crippen molar-refractivity contribution in [3.05, 3.63) is 56.7 Å². The average molecular weight is 317 g/mol. The van der Waals surface area contributed by atoms with Crippen molar-refractivity contribution in [2.24, 2.45) is 0 Å². The highest BCUT2D eigenvalue weighted by atomic mass is 16.5. The number of rotatable bonds is 7. The quantitative estimate of drug-likeness (QED) is 0.536. The molecule has 0 atom stereocenters. The molecule has 0 amide bonds. The van der Waals surface area contributed by atoms with Gasteiger partial charge in [-0.3, -0.25) is 14.8 Å². The summed E-state index contributed by atoms with van der Waals surface area (Å²) in [7, 11) is 0. The van der Waals surface area contributed by atoms with Crippen LogP contribution in [0.5, 0.6) is 0 Å². The van der Waals surface area contributed by atoms with E-state index in [-0.39, 0.29) is 11.8 Å². The van der Waals surface area contributed by atoms with Gasteiger partial charge in [-0.2, -0.15) is 0 Å². The van der Waals surface area contributed by atoms with Crippen LogP contribution in [0, 0.1) is 0 Å². The Bertz CT molecular complexity index is 734. The third-order valence-electron chi connectivity index (χ3n) is 3.14. The molecule has 1 aromatic heterocycles. The Hall–Kier alpha value is -2.83. The third kappa shape index (κ3) is 5.14. The van der Waals surface area contributed by atoms with E-state index in [1.807, 2.05) is 0 Å². The summed E-state index contributed by atoms with van der Waals surface area (Å²) in [5.41, 5.74) is -0.00367. The minimum absolute atomic E-state index is 0.272. The minimum atomic E-state index is -0.590. The molecule has 0 fully saturated rings. The smallest absolute Gasteiger partial charge is 0.338 e. The average Bonchev–Trinajstić information content (AvgIpc) is 2.51. The number of aromatic nitrogens is 2. The first-order chi connectivity index (χ1) is 11.1. The summed E-state index contributed by atoms with van der Waals surface area (Å²) < 4.78 is 5.17. The van der Waals surface area contributed by atoms with Gasteiger partial charge in [-0.1, -0.05) is 19.8 Å². The lowest BCUT2D eigenvalue weighted by molar-refractivity contribution is 0.0498. The Morgan fingerprint density at radius 1 is 1.13 bits per heavy atom. The lowest BCUT2D eigenvalue weighted by Crippen LogP contribution is -2.22. The van der Waals surface area contributed by atoms with Gasteiger partial charge in [0.1, 0.15) is 5.82 Å². The van der Waals surface area contributed by atoms with Crippen LogP contribution in [-0.4, -0.2) is 22.5 Å². The lowest BCUT2D eigenvalue weighted by atomic mass is 10.2. The highest BCUT2D eigenvalue weighted by Crippen LogP contribution is 2.14. The maximum Gasteiger partial charge on any atom is 0.338 e. The van der Waals surface area contributed by atoms with E-state index in [4.69, 9.17) is 4.74 Å². The van der Waals surface area contributed by atoms with E-state index < -0.39 is 11.2 Å². The molecule has 7 nitrogen and oxygen atoms in total. The molecule has 2 aromatic rings. The number of carbonyl (C=O) groups is 1. The molecular formula is C16H19N3O4. The van der Waals surface area contributed by atoms with Gasteiger partial charge >= 0.3 is 11.7 Å². The van der Waals surface area contributed by atoms with Gasteiger partial charge in [0.2, 0.25) is 0 Å². The topological polar surface area (TPSA) is 104 Å². The molecule has 1 heterocycles. The minimum Gasteiger partial charge on any atom is -0.462 e. The second kappa shape index (κ2) is 7.98. The van der Waals surface area contributed by atoms with Gasteiger partial charge in [0.05, 0.1) is 12.2 Å². The van der Waals surface area contributed by atoms with E-state index in [9.17, 15) is 14.4 Å². The van der Waals surface area contributed by atoms with Crippen molar-refractivity contribution in [3.63, 3.8) is 0 Å². The number of carbonyl (C=O) groups excluding carboxylic acids is 1. The van der Waals surface area contributed by atoms with E-state index in [1.165, 1.54) is 6.07 Å². The SMILES string of the molecule is CCCCCOC(=O)c1ccc(Nc2cc(=O)[nH]c(=O)[nH]2)cc1. The van der Waals surface area contributed by atoms with E-state index in [2.05, 4.69) is 22.2 Å². The molecule has 7 heteroatoms. The highest BCUT2D eigenvalue weighted by Gasteiger charge is 2.07. The molecule has 0 saturated carbocycles. The molecule has 3 N–H and O–H groups in total. The van der Waals surface area contributed by atoms with Crippen molar-refractivity contribution < 1.29 is 9.53 Å². The predicted molar refractivity (Wildman–Crippen MR) is 87.2 cm³/mol. The fourth-order valence-corrected chi connectivity index (χ4v) is 1.98. The fraction of sp³-hybridized carbons (Fsp3) is 0.312. The number of hydrogen-bond donors (Lipinski definition) is 3. The summed E-state index contributed by atoms with van der Waals surface area (Å²) in [6.07, 6.45) is 2.96. The number of aromatic amines is 2. The Morgan fingerprint density at radius 2 is 1.87 bits per heavy atom. The molecule has 1 aromatic carbocycles. The molecule has 0 radical (unpaired) electrons. The number of benzene rings is 1. The molecule has 122 valence electrons. The molecule has 0 spiro atoms. The Balaban J connectivity index is 1.97. The zero-order chi connectivity index (χ0) is 16.7. The first kappa shape index (κ1) is 16.5. The van der Waals surface area contributed by atoms with Gasteiger partial charge in [0.15, 0.2) is 0 Å². The fourth-order valence-electron chi connectivity index (χ4n) is 1.98. The van der Waals surface area contributed by atoms with Crippen LogP contribution in [0.4, 0.5) is 11.5 Å². The number of anilines is 2. The predicted octanol–water partition coefficient (Wildman–Crippen LogP) is 2.15. The number of hydrogen-bond acceptors (Lipinski definition) is 5. The second-order valence-electron chi connectivity index (χ2n) is 5.05. The normalized spacial score (nSPS) is 10.3. The summed E-state index contributed by atoms with van der Waals surface area (Å²) in [4.78, 5) is 38.8. The molecule has 0 aliphatic carbocycles. The maximum absolute atomic E-state index is 11.8. The molecule has 0 bridgehead atoms. The van der Waals surface area contributed by atoms with Crippen LogP contribution in [0.1, 0.15) is 36.5 Å². The van der Waals surface area contributed by atoms with Gasteiger partial charge < -0.3 is 10.1 Å². The largest absolute Gasteiger partial charge is 0.462 e. The van der Waals surface area contributed by atoms with E-state index in [1.54, 1.807) is 24.3 Å². The van der Waals surface area contributed by atoms with Crippen LogP contribution in [-0.2, 0) is 4.74 Å². The molecule has 0 saturated heterocycles. The van der Waals surface area contributed by atoms with Crippen molar-refractivity contribution in [2.45, 2.75) is 26.2 Å². The van der Waals surface area contributed by atoms with Crippen LogP contribution >= 0.6 is 0 Å². The Morgan fingerprint density at radius 3 is 2.52 bits per heavy atom. The standard InChI is InChI=1S/C16H19N3O4/c1-2-3-4-9-23-15(21)11-5-7-12(8-6-11)17-13-10-14(20)19-16(22)18-13/h5-8,10H,2-4,9H2,1H3,(H3,17,18,19,20,22). The number of ether oxygens (including phenoxy) is 1. The lowest BCUT2D eigenvalue weighted by Gasteiger charge is -2.07. The number of unbranched alkanes of at least 4 members (excludes halogenated alkanes) is 2. The number of nitrogens with one attached hydrogen (secondary N) is 3. The Labute approximate surface area is 132 Å². The van der Waals surface area contributed by atoms with E-state index >= 15 is 0 Å². The monoisotopic (exact) mass is 317 g/mol. The van der Waals surface area contributed by atoms with Crippen molar-refractivity contribution in [3.8, 4) is 0 Å². The zero-order valence-electron chi connectivity index (χ0n) is 12.8. The van der Waals surface area contributed by atoms with Gasteiger partial charge in [0, 0.05) is 11.8 Å². The van der Waals surface area contributed by atoms with Crippen LogP contribution < -0.4 is 16.6 Å². The van der Waals surface area contributed by atoms with Crippen molar-refractivity contribution >= 4 is 17.5 Å². The first-order valence-electron chi connectivity index (χ1n) is 7.46. The maximum atomic E-state index is 11.8. The van der Waals surface area contributed by atoms with E-state index in [0.717, 1.165) is 19.3 Å². The van der Waals surface area contributed by atoms with E-state index in [0.29, 0.717) is 17.9 Å². The first-order valence-corrected chi connectivity index (χ1v) is 7.46. The van der Waals surface area contributed by atoms with Gasteiger partial charge in [-0.05, 0) is 30.7 Å². The molecular weight excluding hydrogens is 298 g/mol. The number of esters is 1. The third-order valence-corrected chi connectivity index (χ3v) is 3.14. The number of H-pyrrole nitrogens is 2. The van der Waals surface area contributed by atoms with Gasteiger partial charge in [-0.25, -0.2) is 9.59 Å². The molecule has 2 rings (SSSR count). The van der Waals surface area contributed by atoms with Gasteiger partial charge in [-0.15, -0.1) is 0 Å². The highest BCUT2D eigenvalue weighted by molar-refractivity contribution is 5.89. The molecule has 0 aliphatic rings. The molecule has 0 unspecified atom stereocenters. The van der Waals surface area contributed by atoms with Crippen molar-refractivity contribution in [1.29, 1.82) is 0 Å². The zero-order valence-corrected chi connectivity index (χ0v) is 12.8. The van der Waals surface area contributed by atoms with Gasteiger partial charge in [0.25, 0.3) is 5.56 Å².